The molecular weight excluding hydrogens is 164 g/mol. The van der Waals surface area contributed by atoms with Gasteiger partial charge in [-0.1, -0.05) is 39.8 Å². The molecule has 1 heteroatoms. The molecule has 0 aromatic carbocycles. The highest BCUT2D eigenvalue weighted by atomic mass is 32.1. The van der Waals surface area contributed by atoms with Gasteiger partial charge in [0, 0.05) is 5.75 Å². The second-order valence-corrected chi connectivity index (χ2v) is 4.58. The average molecular weight is 186 g/mol. The summed E-state index contributed by atoms with van der Waals surface area (Å²) in [6.07, 6.45) is 1.14. The van der Waals surface area contributed by atoms with Gasteiger partial charge in [0.2, 0.25) is 0 Å². The molecule has 0 aromatic rings. The van der Waals surface area contributed by atoms with E-state index < -0.39 is 0 Å². The van der Waals surface area contributed by atoms with E-state index in [1.165, 1.54) is 5.57 Å². The monoisotopic (exact) mass is 186 g/mol. The molecule has 0 amide bonds. The van der Waals surface area contributed by atoms with Crippen LogP contribution < -0.4 is 0 Å². The first-order valence-electron chi connectivity index (χ1n) is 4.76. The summed E-state index contributed by atoms with van der Waals surface area (Å²) < 4.78 is 0. The molecule has 0 unspecified atom stereocenters. The van der Waals surface area contributed by atoms with Crippen molar-refractivity contribution in [3.8, 4) is 0 Å². The highest BCUT2D eigenvalue weighted by Crippen LogP contribution is 2.27. The Morgan fingerprint density at radius 1 is 1.17 bits per heavy atom. The second kappa shape index (κ2) is 5.69. The largest absolute Gasteiger partial charge is 0.175 e. The Morgan fingerprint density at radius 3 is 1.83 bits per heavy atom. The van der Waals surface area contributed by atoms with Crippen LogP contribution in [0.3, 0.4) is 0 Å². The zero-order valence-electron chi connectivity index (χ0n) is 8.80. The molecule has 0 bridgehead atoms. The van der Waals surface area contributed by atoms with Gasteiger partial charge in [-0.25, -0.2) is 0 Å². The molecule has 0 atom stereocenters. The van der Waals surface area contributed by atoms with Crippen LogP contribution in [0.15, 0.2) is 12.2 Å². The molecule has 0 saturated carbocycles. The van der Waals surface area contributed by atoms with Crippen LogP contribution in [0.2, 0.25) is 0 Å². The third kappa shape index (κ3) is 4.20. The summed E-state index contributed by atoms with van der Waals surface area (Å²) in [5, 5.41) is 0. The zero-order chi connectivity index (χ0) is 9.72. The van der Waals surface area contributed by atoms with Crippen molar-refractivity contribution in [2.45, 2.75) is 34.1 Å². The van der Waals surface area contributed by atoms with Crippen LogP contribution in [0.1, 0.15) is 34.1 Å². The lowest BCUT2D eigenvalue weighted by molar-refractivity contribution is 0.286. The molecular formula is C11H22S. The van der Waals surface area contributed by atoms with E-state index in [1.54, 1.807) is 0 Å². The average Bonchev–Trinajstić information content (AvgIpc) is 1.98. The van der Waals surface area contributed by atoms with Gasteiger partial charge in [-0.05, 0) is 24.2 Å². The molecule has 0 spiro atoms. The zero-order valence-corrected chi connectivity index (χ0v) is 9.70. The molecule has 0 aliphatic heterocycles. The van der Waals surface area contributed by atoms with Crippen LogP contribution in [0.5, 0.6) is 0 Å². The maximum Gasteiger partial charge on any atom is 0.0110 e. The minimum Gasteiger partial charge on any atom is -0.175 e. The highest BCUT2D eigenvalue weighted by molar-refractivity contribution is 7.80. The fourth-order valence-electron chi connectivity index (χ4n) is 1.64. The summed E-state index contributed by atoms with van der Waals surface area (Å²) >= 11 is 4.23. The summed E-state index contributed by atoms with van der Waals surface area (Å²) in [5.41, 5.74) is 1.27. The van der Waals surface area contributed by atoms with Gasteiger partial charge >= 0.3 is 0 Å². The van der Waals surface area contributed by atoms with Crippen molar-refractivity contribution in [2.24, 2.45) is 17.8 Å². The van der Waals surface area contributed by atoms with Crippen molar-refractivity contribution in [2.75, 3.05) is 5.75 Å². The molecule has 0 rings (SSSR count). The standard InChI is InChI=1S/C11H22S/c1-8(2)11(9(3)4)6-10(5)7-12/h8-9,11-12H,5-7H2,1-4H3. The Hall–Kier alpha value is 0.0900. The first-order chi connectivity index (χ1) is 5.49. The molecule has 0 radical (unpaired) electrons. The molecule has 72 valence electrons. The maximum atomic E-state index is 4.23. The van der Waals surface area contributed by atoms with Gasteiger partial charge in [-0.15, -0.1) is 0 Å². The third-order valence-electron chi connectivity index (χ3n) is 2.46. The lowest BCUT2D eigenvalue weighted by Gasteiger charge is -2.25. The summed E-state index contributed by atoms with van der Waals surface area (Å²) in [4.78, 5) is 0. The molecule has 0 fully saturated rings. The number of hydrogen-bond acceptors (Lipinski definition) is 1. The molecule has 0 nitrogen and oxygen atoms in total. The van der Waals surface area contributed by atoms with Gasteiger partial charge < -0.3 is 0 Å². The van der Waals surface area contributed by atoms with Crippen molar-refractivity contribution in [1.29, 1.82) is 0 Å². The lowest BCUT2D eigenvalue weighted by atomic mass is 9.81. The molecule has 0 aliphatic carbocycles. The van der Waals surface area contributed by atoms with Crippen LogP contribution in [-0.2, 0) is 0 Å². The molecule has 12 heavy (non-hydrogen) atoms. The van der Waals surface area contributed by atoms with Gasteiger partial charge in [0.25, 0.3) is 0 Å². The minimum atomic E-state index is 0.752. The molecule has 0 N–H and O–H groups in total. The predicted octanol–water partition coefficient (Wildman–Crippen LogP) is 3.79. The maximum absolute atomic E-state index is 4.23. The Morgan fingerprint density at radius 2 is 1.58 bits per heavy atom. The van der Waals surface area contributed by atoms with Gasteiger partial charge in [0.05, 0.1) is 0 Å². The molecule has 0 aliphatic rings. The van der Waals surface area contributed by atoms with Crippen molar-refractivity contribution >= 4 is 12.6 Å². The van der Waals surface area contributed by atoms with Crippen molar-refractivity contribution < 1.29 is 0 Å². The van der Waals surface area contributed by atoms with E-state index in [0.29, 0.717) is 0 Å². The fourth-order valence-corrected chi connectivity index (χ4v) is 1.77. The Balaban J connectivity index is 4.05. The highest BCUT2D eigenvalue weighted by Gasteiger charge is 2.17. The van der Waals surface area contributed by atoms with E-state index in [-0.39, 0.29) is 0 Å². The van der Waals surface area contributed by atoms with Gasteiger partial charge in [0.1, 0.15) is 0 Å². The van der Waals surface area contributed by atoms with E-state index in [0.717, 1.165) is 29.9 Å². The molecule has 0 aromatic heterocycles. The first kappa shape index (κ1) is 12.1. The van der Waals surface area contributed by atoms with Gasteiger partial charge in [-0.3, -0.25) is 0 Å². The quantitative estimate of drug-likeness (QED) is 0.490. The predicted molar refractivity (Wildman–Crippen MR) is 60.8 cm³/mol. The number of rotatable bonds is 5. The number of hydrogen-bond donors (Lipinski definition) is 1. The minimum absolute atomic E-state index is 0.752. The van der Waals surface area contributed by atoms with Gasteiger partial charge in [-0.2, -0.15) is 12.6 Å². The molecule has 0 heterocycles. The summed E-state index contributed by atoms with van der Waals surface area (Å²) in [7, 11) is 0. The van der Waals surface area contributed by atoms with E-state index in [4.69, 9.17) is 0 Å². The smallest absolute Gasteiger partial charge is 0.0110 e. The lowest BCUT2D eigenvalue weighted by Crippen LogP contribution is -2.16. The van der Waals surface area contributed by atoms with Crippen LogP contribution in [0, 0.1) is 17.8 Å². The van der Waals surface area contributed by atoms with E-state index in [9.17, 15) is 0 Å². The van der Waals surface area contributed by atoms with Crippen molar-refractivity contribution in [3.63, 3.8) is 0 Å². The van der Waals surface area contributed by atoms with Crippen molar-refractivity contribution in [1.82, 2.24) is 0 Å². The first-order valence-corrected chi connectivity index (χ1v) is 5.39. The summed E-state index contributed by atoms with van der Waals surface area (Å²) in [6.45, 7) is 13.2. The Labute approximate surface area is 82.9 Å². The fraction of sp³-hybridized carbons (Fsp3) is 0.818. The van der Waals surface area contributed by atoms with E-state index >= 15 is 0 Å². The van der Waals surface area contributed by atoms with Crippen LogP contribution in [-0.4, -0.2) is 5.75 Å². The summed E-state index contributed by atoms with van der Waals surface area (Å²) in [5.74, 6) is 3.10. The Kier molecular flexibility index (Phi) is 5.73. The third-order valence-corrected chi connectivity index (χ3v) is 2.91. The van der Waals surface area contributed by atoms with E-state index in [1.807, 2.05) is 0 Å². The van der Waals surface area contributed by atoms with Crippen LogP contribution >= 0.6 is 12.6 Å². The normalized spacial score (nSPS) is 11.7. The SMILES string of the molecule is C=C(CS)CC(C(C)C)C(C)C. The van der Waals surface area contributed by atoms with Crippen LogP contribution in [0.4, 0.5) is 0 Å². The topological polar surface area (TPSA) is 0 Å². The second-order valence-electron chi connectivity index (χ2n) is 4.26. The number of thiol groups is 1. The summed E-state index contributed by atoms with van der Waals surface area (Å²) in [6, 6.07) is 0. The molecule has 0 saturated heterocycles. The van der Waals surface area contributed by atoms with Crippen molar-refractivity contribution in [3.05, 3.63) is 12.2 Å². The van der Waals surface area contributed by atoms with Crippen LogP contribution in [0.25, 0.3) is 0 Å². The van der Waals surface area contributed by atoms with E-state index in [2.05, 4.69) is 46.9 Å². The Bertz CT molecular complexity index is 128. The van der Waals surface area contributed by atoms with Gasteiger partial charge in [0.15, 0.2) is 0 Å².